The van der Waals surface area contributed by atoms with Gasteiger partial charge >= 0.3 is 5.97 Å². The summed E-state index contributed by atoms with van der Waals surface area (Å²) in [6, 6.07) is 0. The number of aryl methyl sites for hydroxylation is 1. The Kier molecular flexibility index (Phi) is 5.60. The fourth-order valence-electron chi connectivity index (χ4n) is 1.92. The molecule has 0 radical (unpaired) electrons. The van der Waals surface area contributed by atoms with E-state index in [4.69, 9.17) is 10.5 Å². The number of aromatic nitrogens is 2. The molecule has 0 amide bonds. The van der Waals surface area contributed by atoms with Crippen molar-refractivity contribution in [1.82, 2.24) is 14.9 Å². The van der Waals surface area contributed by atoms with Gasteiger partial charge in [-0.3, -0.25) is 0 Å². The van der Waals surface area contributed by atoms with Crippen LogP contribution in [0.2, 0.25) is 0 Å². The summed E-state index contributed by atoms with van der Waals surface area (Å²) in [6.45, 7) is 4.92. The molecule has 0 atom stereocenters. The van der Waals surface area contributed by atoms with Crippen LogP contribution in [0.25, 0.3) is 10.2 Å². The molecular weight excluding hydrogens is 320 g/mol. The summed E-state index contributed by atoms with van der Waals surface area (Å²) in [7, 11) is 4.04. The lowest BCUT2D eigenvalue weighted by Gasteiger charge is -2.08. The third kappa shape index (κ3) is 3.68. The van der Waals surface area contributed by atoms with Gasteiger partial charge in [-0.25, -0.2) is 14.8 Å². The van der Waals surface area contributed by atoms with Gasteiger partial charge in [0.15, 0.2) is 5.16 Å². The highest BCUT2D eigenvalue weighted by Gasteiger charge is 2.20. The fourth-order valence-corrected chi connectivity index (χ4v) is 4.02. The molecule has 120 valence electrons. The van der Waals surface area contributed by atoms with Gasteiger partial charge in [-0.2, -0.15) is 0 Å². The first-order chi connectivity index (χ1) is 10.4. The molecule has 0 aliphatic rings. The number of thiophene rings is 1. The SMILES string of the molecule is CCOC(=O)c1sc2nc(SCCN(C)C)nc(N)c2c1C. The maximum atomic E-state index is 12.0. The predicted octanol–water partition coefficient (Wildman–Crippen LogP) is 2.41. The highest BCUT2D eigenvalue weighted by atomic mass is 32.2. The van der Waals surface area contributed by atoms with E-state index in [2.05, 4.69) is 14.9 Å². The molecule has 0 saturated carbocycles. The summed E-state index contributed by atoms with van der Waals surface area (Å²) in [5.41, 5.74) is 6.85. The van der Waals surface area contributed by atoms with Crippen molar-refractivity contribution in [1.29, 1.82) is 0 Å². The number of esters is 1. The number of hydrogen-bond acceptors (Lipinski definition) is 8. The van der Waals surface area contributed by atoms with Crippen LogP contribution in [0.3, 0.4) is 0 Å². The van der Waals surface area contributed by atoms with Gasteiger partial charge in [0.05, 0.1) is 12.0 Å². The predicted molar refractivity (Wildman–Crippen MR) is 91.8 cm³/mol. The number of carbonyl (C=O) groups is 1. The van der Waals surface area contributed by atoms with Gasteiger partial charge in [-0.05, 0) is 33.5 Å². The smallest absolute Gasteiger partial charge is 0.348 e. The first-order valence-electron chi connectivity index (χ1n) is 6.95. The van der Waals surface area contributed by atoms with Crippen LogP contribution in [0.5, 0.6) is 0 Å². The number of nitrogens with two attached hydrogens (primary N) is 1. The minimum Gasteiger partial charge on any atom is -0.462 e. The lowest BCUT2D eigenvalue weighted by Crippen LogP contribution is -2.15. The van der Waals surface area contributed by atoms with Gasteiger partial charge in [-0.15, -0.1) is 11.3 Å². The van der Waals surface area contributed by atoms with Gasteiger partial charge in [0.1, 0.15) is 15.5 Å². The number of hydrogen-bond donors (Lipinski definition) is 1. The van der Waals surface area contributed by atoms with Crippen LogP contribution in [-0.4, -0.2) is 53.8 Å². The number of anilines is 1. The van der Waals surface area contributed by atoms with Crippen molar-refractivity contribution < 1.29 is 9.53 Å². The van der Waals surface area contributed by atoms with Crippen LogP contribution in [0.4, 0.5) is 5.82 Å². The first kappa shape index (κ1) is 17.0. The Hall–Kier alpha value is -1.38. The van der Waals surface area contributed by atoms with Gasteiger partial charge < -0.3 is 15.4 Å². The highest BCUT2D eigenvalue weighted by molar-refractivity contribution is 7.99. The number of nitrogens with zero attached hydrogens (tertiary/aromatic N) is 3. The van der Waals surface area contributed by atoms with Crippen LogP contribution in [0.15, 0.2) is 5.16 Å². The third-order valence-corrected chi connectivity index (χ3v) is 5.02. The Morgan fingerprint density at radius 1 is 1.41 bits per heavy atom. The minimum atomic E-state index is -0.329. The van der Waals surface area contributed by atoms with Crippen LogP contribution in [0.1, 0.15) is 22.2 Å². The Morgan fingerprint density at radius 2 is 2.14 bits per heavy atom. The maximum absolute atomic E-state index is 12.0. The van der Waals surface area contributed by atoms with Crippen molar-refractivity contribution in [2.24, 2.45) is 0 Å². The van der Waals surface area contributed by atoms with E-state index in [0.29, 0.717) is 22.5 Å². The number of ether oxygens (including phenoxy) is 1. The monoisotopic (exact) mass is 340 g/mol. The van der Waals surface area contributed by atoms with Crippen molar-refractivity contribution >= 4 is 45.1 Å². The normalized spacial score (nSPS) is 11.3. The van der Waals surface area contributed by atoms with Crippen LogP contribution in [0, 0.1) is 6.92 Å². The molecule has 6 nitrogen and oxygen atoms in total. The summed E-state index contributed by atoms with van der Waals surface area (Å²) in [5, 5.41) is 1.40. The van der Waals surface area contributed by atoms with E-state index in [1.165, 1.54) is 11.3 Å². The Balaban J connectivity index is 2.32. The topological polar surface area (TPSA) is 81.3 Å². The standard InChI is InChI=1S/C14H20N4O2S2/c1-5-20-13(19)10-8(2)9-11(15)16-14(17-12(9)22-10)21-7-6-18(3)4/h5-7H2,1-4H3,(H2,15,16,17). The summed E-state index contributed by atoms with van der Waals surface area (Å²) >= 11 is 2.87. The van der Waals surface area contributed by atoms with E-state index >= 15 is 0 Å². The van der Waals surface area contributed by atoms with Gasteiger partial charge in [0.2, 0.25) is 0 Å². The molecule has 0 bridgehead atoms. The van der Waals surface area contributed by atoms with Crippen molar-refractivity contribution in [3.8, 4) is 0 Å². The zero-order valence-electron chi connectivity index (χ0n) is 13.2. The molecule has 2 rings (SSSR count). The molecule has 0 aromatic carbocycles. The number of carbonyl (C=O) groups excluding carboxylic acids is 1. The van der Waals surface area contributed by atoms with E-state index in [1.807, 2.05) is 21.0 Å². The zero-order valence-corrected chi connectivity index (χ0v) is 14.8. The molecular formula is C14H20N4O2S2. The second kappa shape index (κ2) is 7.26. The van der Waals surface area contributed by atoms with E-state index < -0.39 is 0 Å². The molecule has 0 unspecified atom stereocenters. The van der Waals surface area contributed by atoms with E-state index in [-0.39, 0.29) is 5.97 Å². The molecule has 0 spiro atoms. The quantitative estimate of drug-likeness (QED) is 0.491. The number of nitrogen functional groups attached to an aromatic ring is 1. The molecule has 8 heteroatoms. The number of thioether (sulfide) groups is 1. The van der Waals surface area contributed by atoms with Crippen molar-refractivity contribution in [3.05, 3.63) is 10.4 Å². The zero-order chi connectivity index (χ0) is 16.3. The fraction of sp³-hybridized carbons (Fsp3) is 0.500. The minimum absolute atomic E-state index is 0.329. The third-order valence-electron chi connectivity index (χ3n) is 3.03. The van der Waals surface area contributed by atoms with E-state index in [9.17, 15) is 4.79 Å². The molecule has 2 heterocycles. The Morgan fingerprint density at radius 3 is 2.77 bits per heavy atom. The molecule has 0 aliphatic heterocycles. The molecule has 0 aliphatic carbocycles. The van der Waals surface area contributed by atoms with Gasteiger partial charge in [0.25, 0.3) is 0 Å². The second-order valence-electron chi connectivity index (χ2n) is 5.00. The van der Waals surface area contributed by atoms with E-state index in [0.717, 1.165) is 28.1 Å². The van der Waals surface area contributed by atoms with Crippen molar-refractivity contribution in [3.63, 3.8) is 0 Å². The van der Waals surface area contributed by atoms with Crippen molar-refractivity contribution in [2.45, 2.75) is 19.0 Å². The average molecular weight is 340 g/mol. The Bertz CT molecular complexity index is 685. The average Bonchev–Trinajstić information content (AvgIpc) is 2.76. The lowest BCUT2D eigenvalue weighted by atomic mass is 10.2. The van der Waals surface area contributed by atoms with Crippen LogP contribution in [-0.2, 0) is 4.74 Å². The maximum Gasteiger partial charge on any atom is 0.348 e. The second-order valence-corrected chi connectivity index (χ2v) is 7.06. The van der Waals surface area contributed by atoms with E-state index in [1.54, 1.807) is 18.7 Å². The summed E-state index contributed by atoms with van der Waals surface area (Å²) in [5.74, 6) is 0.971. The molecule has 2 aromatic rings. The lowest BCUT2D eigenvalue weighted by molar-refractivity contribution is 0.0531. The van der Waals surface area contributed by atoms with Crippen LogP contribution >= 0.6 is 23.1 Å². The van der Waals surface area contributed by atoms with Gasteiger partial charge in [0, 0.05) is 12.3 Å². The number of rotatable bonds is 6. The molecule has 2 N–H and O–H groups in total. The molecule has 22 heavy (non-hydrogen) atoms. The largest absolute Gasteiger partial charge is 0.462 e. The summed E-state index contributed by atoms with van der Waals surface area (Å²) in [4.78, 5) is 24.2. The first-order valence-corrected chi connectivity index (χ1v) is 8.75. The number of fused-ring (bicyclic) bond motifs is 1. The summed E-state index contributed by atoms with van der Waals surface area (Å²) < 4.78 is 5.07. The molecule has 0 fully saturated rings. The highest BCUT2D eigenvalue weighted by Crippen LogP contribution is 2.34. The van der Waals surface area contributed by atoms with Crippen LogP contribution < -0.4 is 5.73 Å². The Labute approximate surface area is 138 Å². The van der Waals surface area contributed by atoms with Crippen molar-refractivity contribution in [2.75, 3.05) is 38.7 Å². The molecule has 2 aromatic heterocycles. The summed E-state index contributed by atoms with van der Waals surface area (Å²) in [6.07, 6.45) is 0. The van der Waals surface area contributed by atoms with Gasteiger partial charge in [-0.1, -0.05) is 11.8 Å². The molecule has 0 saturated heterocycles.